The zero-order valence-electron chi connectivity index (χ0n) is 9.73. The van der Waals surface area contributed by atoms with Gasteiger partial charge in [0.25, 0.3) is 5.91 Å². The molecule has 1 aliphatic rings. The Balaban J connectivity index is 1.83. The van der Waals surface area contributed by atoms with Crippen molar-refractivity contribution < 1.29 is 9.90 Å². The van der Waals surface area contributed by atoms with Crippen molar-refractivity contribution in [3.8, 4) is 0 Å². The second-order valence-corrected chi connectivity index (χ2v) is 4.42. The average Bonchev–Trinajstić information content (AvgIpc) is 2.89. The zero-order chi connectivity index (χ0) is 12.1. The summed E-state index contributed by atoms with van der Waals surface area (Å²) in [5.74, 6) is 0.171. The SMILES string of the molecule is O=C(NCC1CCNC1)C(O)c1ccccc1. The molecule has 4 nitrogen and oxygen atoms in total. The number of aliphatic hydroxyl groups excluding tert-OH is 1. The maximum atomic E-state index is 11.7. The normalized spacial score (nSPS) is 21.1. The van der Waals surface area contributed by atoms with Gasteiger partial charge in [-0.3, -0.25) is 4.79 Å². The van der Waals surface area contributed by atoms with Gasteiger partial charge in [0.05, 0.1) is 0 Å². The lowest BCUT2D eigenvalue weighted by molar-refractivity contribution is -0.129. The van der Waals surface area contributed by atoms with Crippen molar-refractivity contribution >= 4 is 5.91 Å². The summed E-state index contributed by atoms with van der Waals surface area (Å²) in [5.41, 5.74) is 0.634. The highest BCUT2D eigenvalue weighted by Crippen LogP contribution is 2.12. The van der Waals surface area contributed by atoms with Gasteiger partial charge >= 0.3 is 0 Å². The van der Waals surface area contributed by atoms with Crippen LogP contribution in [0.25, 0.3) is 0 Å². The van der Waals surface area contributed by atoms with E-state index in [0.29, 0.717) is 18.0 Å². The van der Waals surface area contributed by atoms with Crippen LogP contribution in [0.4, 0.5) is 0 Å². The van der Waals surface area contributed by atoms with Crippen molar-refractivity contribution in [2.75, 3.05) is 19.6 Å². The topological polar surface area (TPSA) is 61.4 Å². The summed E-state index contributed by atoms with van der Waals surface area (Å²) in [4.78, 5) is 11.7. The zero-order valence-corrected chi connectivity index (χ0v) is 9.73. The lowest BCUT2D eigenvalue weighted by atomic mass is 10.1. The van der Waals surface area contributed by atoms with Gasteiger partial charge in [0.1, 0.15) is 0 Å². The Hall–Kier alpha value is -1.39. The highest BCUT2D eigenvalue weighted by Gasteiger charge is 2.19. The highest BCUT2D eigenvalue weighted by molar-refractivity contribution is 5.81. The van der Waals surface area contributed by atoms with E-state index in [-0.39, 0.29) is 5.91 Å². The molecule has 0 aliphatic carbocycles. The Kier molecular flexibility index (Phi) is 4.12. The third kappa shape index (κ3) is 3.28. The molecule has 1 aliphatic heterocycles. The average molecular weight is 234 g/mol. The third-order valence-corrected chi connectivity index (χ3v) is 3.09. The molecule has 1 aromatic carbocycles. The van der Waals surface area contributed by atoms with Crippen LogP contribution in [0.5, 0.6) is 0 Å². The van der Waals surface area contributed by atoms with E-state index in [0.717, 1.165) is 19.5 Å². The first kappa shape index (κ1) is 12.1. The minimum Gasteiger partial charge on any atom is -0.378 e. The van der Waals surface area contributed by atoms with E-state index in [1.54, 1.807) is 12.1 Å². The number of hydrogen-bond acceptors (Lipinski definition) is 3. The van der Waals surface area contributed by atoms with Crippen LogP contribution in [-0.4, -0.2) is 30.6 Å². The fraction of sp³-hybridized carbons (Fsp3) is 0.462. The van der Waals surface area contributed by atoms with Gasteiger partial charge in [-0.15, -0.1) is 0 Å². The standard InChI is InChI=1S/C13H18N2O2/c16-12(11-4-2-1-3-5-11)13(17)15-9-10-6-7-14-8-10/h1-5,10,12,14,16H,6-9H2,(H,15,17). The lowest BCUT2D eigenvalue weighted by Gasteiger charge is -2.14. The molecule has 2 rings (SSSR count). The van der Waals surface area contributed by atoms with Crippen molar-refractivity contribution in [2.45, 2.75) is 12.5 Å². The molecule has 2 atom stereocenters. The van der Waals surface area contributed by atoms with Crippen molar-refractivity contribution in [2.24, 2.45) is 5.92 Å². The van der Waals surface area contributed by atoms with Crippen LogP contribution >= 0.6 is 0 Å². The van der Waals surface area contributed by atoms with E-state index in [4.69, 9.17) is 0 Å². The van der Waals surface area contributed by atoms with Crippen molar-refractivity contribution in [3.05, 3.63) is 35.9 Å². The first-order valence-corrected chi connectivity index (χ1v) is 5.99. The molecule has 3 N–H and O–H groups in total. The summed E-state index contributed by atoms with van der Waals surface area (Å²) in [6, 6.07) is 8.99. The molecule has 0 aromatic heterocycles. The van der Waals surface area contributed by atoms with Gasteiger partial charge in [-0.1, -0.05) is 30.3 Å². The smallest absolute Gasteiger partial charge is 0.253 e. The first-order valence-electron chi connectivity index (χ1n) is 5.99. The summed E-state index contributed by atoms with van der Waals surface area (Å²) in [5, 5.41) is 15.9. The van der Waals surface area contributed by atoms with Gasteiger partial charge in [-0.25, -0.2) is 0 Å². The number of carbonyl (C=O) groups excluding carboxylic acids is 1. The fourth-order valence-electron chi connectivity index (χ4n) is 2.02. The molecule has 2 unspecified atom stereocenters. The molecule has 1 saturated heterocycles. The first-order chi connectivity index (χ1) is 8.27. The molecule has 4 heteroatoms. The minimum atomic E-state index is -1.06. The summed E-state index contributed by atoms with van der Waals surface area (Å²) in [7, 11) is 0. The third-order valence-electron chi connectivity index (χ3n) is 3.09. The van der Waals surface area contributed by atoms with Crippen LogP contribution in [0.1, 0.15) is 18.1 Å². The second-order valence-electron chi connectivity index (χ2n) is 4.42. The molecular formula is C13H18N2O2. The number of carbonyl (C=O) groups is 1. The van der Waals surface area contributed by atoms with E-state index < -0.39 is 6.10 Å². The van der Waals surface area contributed by atoms with Crippen molar-refractivity contribution in [1.29, 1.82) is 0 Å². The van der Waals surface area contributed by atoms with Crippen LogP contribution in [0, 0.1) is 5.92 Å². The quantitative estimate of drug-likeness (QED) is 0.708. The molecule has 0 saturated carbocycles. The molecule has 0 spiro atoms. The number of amides is 1. The Bertz CT molecular complexity index is 361. The van der Waals surface area contributed by atoms with Crippen molar-refractivity contribution in [3.63, 3.8) is 0 Å². The van der Waals surface area contributed by atoms with E-state index in [2.05, 4.69) is 10.6 Å². The van der Waals surface area contributed by atoms with Gasteiger partial charge in [-0.2, -0.15) is 0 Å². The Morgan fingerprint density at radius 1 is 1.47 bits per heavy atom. The van der Waals surface area contributed by atoms with Crippen molar-refractivity contribution in [1.82, 2.24) is 10.6 Å². The summed E-state index contributed by atoms with van der Waals surface area (Å²) in [6.45, 7) is 2.60. The van der Waals surface area contributed by atoms with Crippen LogP contribution in [0.3, 0.4) is 0 Å². The maximum absolute atomic E-state index is 11.7. The number of benzene rings is 1. The van der Waals surface area contributed by atoms with Crippen LogP contribution in [0.15, 0.2) is 30.3 Å². The molecule has 92 valence electrons. The number of hydrogen-bond donors (Lipinski definition) is 3. The Labute approximate surface area is 101 Å². The molecule has 1 fully saturated rings. The molecule has 1 heterocycles. The maximum Gasteiger partial charge on any atom is 0.253 e. The van der Waals surface area contributed by atoms with E-state index in [1.807, 2.05) is 18.2 Å². The van der Waals surface area contributed by atoms with E-state index in [1.165, 1.54) is 0 Å². The molecule has 0 radical (unpaired) electrons. The van der Waals surface area contributed by atoms with Gasteiger partial charge < -0.3 is 15.7 Å². The van der Waals surface area contributed by atoms with Crippen LogP contribution in [0.2, 0.25) is 0 Å². The highest BCUT2D eigenvalue weighted by atomic mass is 16.3. The largest absolute Gasteiger partial charge is 0.378 e. The number of nitrogens with one attached hydrogen (secondary N) is 2. The van der Waals surface area contributed by atoms with E-state index in [9.17, 15) is 9.90 Å². The predicted molar refractivity (Wildman–Crippen MR) is 65.4 cm³/mol. The lowest BCUT2D eigenvalue weighted by Crippen LogP contribution is -2.34. The molecule has 0 bridgehead atoms. The Morgan fingerprint density at radius 2 is 2.24 bits per heavy atom. The molecule has 17 heavy (non-hydrogen) atoms. The van der Waals surface area contributed by atoms with E-state index >= 15 is 0 Å². The second kappa shape index (κ2) is 5.80. The van der Waals surface area contributed by atoms with Gasteiger partial charge in [-0.05, 0) is 31.0 Å². The van der Waals surface area contributed by atoms with Crippen LogP contribution < -0.4 is 10.6 Å². The minimum absolute atomic E-state index is 0.317. The summed E-state index contributed by atoms with van der Waals surface area (Å²) in [6.07, 6.45) is 0.0207. The monoisotopic (exact) mass is 234 g/mol. The predicted octanol–water partition coefficient (Wildman–Crippen LogP) is 0.446. The summed E-state index contributed by atoms with van der Waals surface area (Å²) >= 11 is 0. The number of aliphatic hydroxyl groups is 1. The van der Waals surface area contributed by atoms with Gasteiger partial charge in [0, 0.05) is 6.54 Å². The fourth-order valence-corrected chi connectivity index (χ4v) is 2.02. The van der Waals surface area contributed by atoms with Crippen LogP contribution in [-0.2, 0) is 4.79 Å². The van der Waals surface area contributed by atoms with Gasteiger partial charge in [0.2, 0.25) is 0 Å². The molecule has 1 aromatic rings. The van der Waals surface area contributed by atoms with Gasteiger partial charge in [0.15, 0.2) is 6.10 Å². The molecular weight excluding hydrogens is 216 g/mol. The summed E-state index contributed by atoms with van der Waals surface area (Å²) < 4.78 is 0. The molecule has 1 amide bonds. The Morgan fingerprint density at radius 3 is 2.88 bits per heavy atom. The number of rotatable bonds is 4.